The van der Waals surface area contributed by atoms with Gasteiger partial charge in [0.1, 0.15) is 5.82 Å². The van der Waals surface area contributed by atoms with Crippen molar-refractivity contribution in [3.63, 3.8) is 0 Å². The molecule has 0 radical (unpaired) electrons. The molecule has 1 aliphatic rings. The van der Waals surface area contributed by atoms with Gasteiger partial charge in [0.05, 0.1) is 22.4 Å². The molecule has 35 heavy (non-hydrogen) atoms. The van der Waals surface area contributed by atoms with Gasteiger partial charge in [-0.05, 0) is 66.1 Å². The first-order chi connectivity index (χ1) is 16.7. The quantitative estimate of drug-likeness (QED) is 0.393. The van der Waals surface area contributed by atoms with E-state index < -0.39 is 28.9 Å². The summed E-state index contributed by atoms with van der Waals surface area (Å²) in [6, 6.07) is 9.20. The smallest absolute Gasteiger partial charge is 0.325 e. The summed E-state index contributed by atoms with van der Waals surface area (Å²) in [6.07, 6.45) is -1.47. The summed E-state index contributed by atoms with van der Waals surface area (Å²) >= 11 is 0. The Morgan fingerprint density at radius 3 is 2.57 bits per heavy atom. The molecule has 4 aromatic rings. The number of hydrogen-bond acceptors (Lipinski definition) is 5. The van der Waals surface area contributed by atoms with Crippen LogP contribution in [0.25, 0.3) is 17.1 Å². The largest absolute Gasteiger partial charge is 0.416 e. The van der Waals surface area contributed by atoms with E-state index in [1.165, 1.54) is 0 Å². The summed E-state index contributed by atoms with van der Waals surface area (Å²) < 4.78 is 55.1. The number of nitrogens with zero attached hydrogens (tertiary/aromatic N) is 5. The monoisotopic (exact) mass is 485 g/mol. The third kappa shape index (κ3) is 4.15. The molecule has 0 spiro atoms. The number of alkyl halides is 3. The number of nitrogens with one attached hydrogen (secondary N) is 2. The molecule has 2 aromatic heterocycles. The molecule has 0 bridgehead atoms. The molecule has 8 nitrogen and oxygen atoms in total. The van der Waals surface area contributed by atoms with Gasteiger partial charge in [0.2, 0.25) is 5.91 Å². The van der Waals surface area contributed by atoms with E-state index >= 15 is 0 Å². The van der Waals surface area contributed by atoms with Crippen LogP contribution in [-0.4, -0.2) is 36.3 Å². The van der Waals surface area contributed by atoms with Crippen molar-refractivity contribution in [1.29, 1.82) is 0 Å². The average Bonchev–Trinajstić information content (AvgIpc) is 3.21. The highest BCUT2D eigenvalue weighted by Gasteiger charge is 2.53. The van der Waals surface area contributed by atoms with Crippen LogP contribution in [0.1, 0.15) is 36.6 Å². The van der Waals surface area contributed by atoms with Gasteiger partial charge in [0, 0.05) is 23.0 Å². The van der Waals surface area contributed by atoms with E-state index in [1.807, 2.05) is 13.0 Å². The molecule has 1 aliphatic carbocycles. The Balaban J connectivity index is 1.45. The van der Waals surface area contributed by atoms with Gasteiger partial charge in [-0.1, -0.05) is 13.0 Å². The molecule has 1 saturated carbocycles. The van der Waals surface area contributed by atoms with Crippen molar-refractivity contribution in [3.05, 3.63) is 71.3 Å². The first kappa shape index (κ1) is 22.7. The molecule has 180 valence electrons. The van der Waals surface area contributed by atoms with Gasteiger partial charge in [0.25, 0.3) is 0 Å². The molecule has 1 fully saturated rings. The van der Waals surface area contributed by atoms with Gasteiger partial charge < -0.3 is 5.32 Å². The normalized spacial score (nSPS) is 14.7. The van der Waals surface area contributed by atoms with Crippen molar-refractivity contribution < 1.29 is 22.4 Å². The Bertz CT molecular complexity index is 1390. The van der Waals surface area contributed by atoms with Crippen LogP contribution in [0.5, 0.6) is 0 Å². The molecule has 2 aromatic carbocycles. The van der Waals surface area contributed by atoms with E-state index in [4.69, 9.17) is 0 Å². The lowest BCUT2D eigenvalue weighted by Crippen LogP contribution is -2.29. The minimum absolute atomic E-state index is 0.0529. The molecule has 0 saturated heterocycles. The molecule has 0 aliphatic heterocycles. The first-order valence-corrected chi connectivity index (χ1v) is 10.8. The van der Waals surface area contributed by atoms with Gasteiger partial charge in [-0.25, -0.2) is 14.2 Å². The Labute approximate surface area is 196 Å². The summed E-state index contributed by atoms with van der Waals surface area (Å²) in [5, 5.41) is 21.1. The molecule has 0 unspecified atom stereocenters. The van der Waals surface area contributed by atoms with Crippen molar-refractivity contribution in [2.45, 2.75) is 37.8 Å². The maximum atomic E-state index is 14.6. The van der Waals surface area contributed by atoms with Crippen LogP contribution in [0.15, 0.2) is 48.7 Å². The highest BCUT2D eigenvalue weighted by Crippen LogP contribution is 2.50. The summed E-state index contributed by atoms with van der Waals surface area (Å²) in [7, 11) is 0. The predicted octanol–water partition coefficient (Wildman–Crippen LogP) is 4.44. The Morgan fingerprint density at radius 2 is 1.97 bits per heavy atom. The SMILES string of the molecule is CCc1ccn(-c2ccc(NC(=O)C3(c4ccc(C(F)(F)F)cc4F)CC3)cc2-c2nnn[nH]2)n1. The molecular formula is C23H19F4N7O. The standard InChI is InChI=1S/C23H19F4N7O/c1-2-14-7-10-34(31-14)19-6-4-15(12-16(19)20-29-32-33-30-20)28-21(35)22(8-9-22)17-5-3-13(11-18(17)24)23(25,26)27/h3-7,10-12H,2,8-9H2,1H3,(H,28,35)(H,29,30,32,33). The van der Waals surface area contributed by atoms with Crippen LogP contribution in [0.4, 0.5) is 23.2 Å². The summed E-state index contributed by atoms with van der Waals surface area (Å²) in [4.78, 5) is 13.2. The molecule has 2 N–H and O–H groups in total. The van der Waals surface area contributed by atoms with Crippen LogP contribution in [0.3, 0.4) is 0 Å². The van der Waals surface area contributed by atoms with Gasteiger partial charge in [-0.3, -0.25) is 4.79 Å². The molecule has 5 rings (SSSR count). The number of aromatic nitrogens is 6. The van der Waals surface area contributed by atoms with Gasteiger partial charge in [-0.2, -0.15) is 18.3 Å². The lowest BCUT2D eigenvalue weighted by Gasteiger charge is -2.18. The fraction of sp³-hybridized carbons (Fsp3) is 0.261. The fourth-order valence-electron chi connectivity index (χ4n) is 4.03. The van der Waals surface area contributed by atoms with Crippen molar-refractivity contribution >= 4 is 11.6 Å². The van der Waals surface area contributed by atoms with Crippen LogP contribution < -0.4 is 5.32 Å². The number of carbonyl (C=O) groups excluding carboxylic acids is 1. The molecular weight excluding hydrogens is 466 g/mol. The number of tetrazole rings is 1. The zero-order valence-electron chi connectivity index (χ0n) is 18.4. The summed E-state index contributed by atoms with van der Waals surface area (Å²) in [5.41, 5.74) is 0.132. The van der Waals surface area contributed by atoms with E-state index in [1.54, 1.807) is 29.1 Å². The highest BCUT2D eigenvalue weighted by molar-refractivity contribution is 6.02. The Hall–Kier alpha value is -4.09. The second-order valence-electron chi connectivity index (χ2n) is 8.32. The summed E-state index contributed by atoms with van der Waals surface area (Å²) in [5.74, 6) is -1.21. The molecule has 0 atom stereocenters. The maximum Gasteiger partial charge on any atom is 0.416 e. The lowest BCUT2D eigenvalue weighted by molar-refractivity contribution is -0.137. The zero-order valence-corrected chi connectivity index (χ0v) is 18.4. The highest BCUT2D eigenvalue weighted by atomic mass is 19.4. The molecule has 12 heteroatoms. The van der Waals surface area contributed by atoms with Crippen LogP contribution in [0.2, 0.25) is 0 Å². The number of hydrogen-bond donors (Lipinski definition) is 2. The maximum absolute atomic E-state index is 14.6. The van der Waals surface area contributed by atoms with Crippen molar-refractivity contribution in [2.24, 2.45) is 0 Å². The second-order valence-corrected chi connectivity index (χ2v) is 8.32. The Kier molecular flexibility index (Phi) is 5.37. The number of amides is 1. The molecule has 1 amide bonds. The van der Waals surface area contributed by atoms with Gasteiger partial charge in [-0.15, -0.1) is 5.10 Å². The zero-order chi connectivity index (χ0) is 24.8. The average molecular weight is 485 g/mol. The number of anilines is 1. The van der Waals surface area contributed by atoms with Crippen molar-refractivity contribution in [2.75, 3.05) is 5.32 Å². The van der Waals surface area contributed by atoms with E-state index in [2.05, 4.69) is 31.0 Å². The van der Waals surface area contributed by atoms with Crippen LogP contribution in [-0.2, 0) is 22.8 Å². The Morgan fingerprint density at radius 1 is 1.17 bits per heavy atom. The third-order valence-electron chi connectivity index (χ3n) is 6.10. The van der Waals surface area contributed by atoms with Gasteiger partial charge in [0.15, 0.2) is 5.82 Å². The van der Waals surface area contributed by atoms with E-state index in [0.717, 1.165) is 24.2 Å². The third-order valence-corrected chi connectivity index (χ3v) is 6.10. The van der Waals surface area contributed by atoms with Crippen molar-refractivity contribution in [3.8, 4) is 17.1 Å². The van der Waals surface area contributed by atoms with Crippen molar-refractivity contribution in [1.82, 2.24) is 30.4 Å². The van der Waals surface area contributed by atoms with E-state index in [9.17, 15) is 22.4 Å². The number of benzene rings is 2. The number of halogens is 4. The number of aryl methyl sites for hydroxylation is 1. The predicted molar refractivity (Wildman–Crippen MR) is 117 cm³/mol. The number of carbonyl (C=O) groups is 1. The van der Waals surface area contributed by atoms with Gasteiger partial charge >= 0.3 is 6.18 Å². The second kappa shape index (κ2) is 8.29. The van der Waals surface area contributed by atoms with Crippen LogP contribution >= 0.6 is 0 Å². The lowest BCUT2D eigenvalue weighted by atomic mass is 9.93. The number of aromatic amines is 1. The first-order valence-electron chi connectivity index (χ1n) is 10.8. The molecule has 2 heterocycles. The summed E-state index contributed by atoms with van der Waals surface area (Å²) in [6.45, 7) is 1.99. The number of rotatable bonds is 6. The van der Waals surface area contributed by atoms with E-state index in [-0.39, 0.29) is 5.56 Å². The minimum atomic E-state index is -4.67. The van der Waals surface area contributed by atoms with Crippen LogP contribution in [0, 0.1) is 5.82 Å². The van der Waals surface area contributed by atoms with E-state index in [0.29, 0.717) is 41.7 Å². The number of H-pyrrole nitrogens is 1. The fourth-order valence-corrected chi connectivity index (χ4v) is 4.03. The minimum Gasteiger partial charge on any atom is -0.325 e. The topological polar surface area (TPSA) is 101 Å².